The highest BCUT2D eigenvalue weighted by atomic mass is 16.4. The zero-order valence-corrected chi connectivity index (χ0v) is 9.68. The van der Waals surface area contributed by atoms with Crippen molar-refractivity contribution in [3.05, 3.63) is 30.1 Å². The lowest BCUT2D eigenvalue weighted by molar-refractivity contribution is -0.139. The van der Waals surface area contributed by atoms with E-state index >= 15 is 0 Å². The number of aliphatic carboxylic acids is 1. The maximum atomic E-state index is 11.0. The highest BCUT2D eigenvalue weighted by Gasteiger charge is 2.18. The Morgan fingerprint density at radius 2 is 2.38 bits per heavy atom. The van der Waals surface area contributed by atoms with E-state index in [0.29, 0.717) is 6.42 Å². The SMILES string of the molecule is CCCC(NC(C)c1cccnc1)C(=O)O. The average molecular weight is 222 g/mol. The van der Waals surface area contributed by atoms with E-state index in [4.69, 9.17) is 5.11 Å². The second-order valence-electron chi connectivity index (χ2n) is 3.85. The molecule has 16 heavy (non-hydrogen) atoms. The summed E-state index contributed by atoms with van der Waals surface area (Å²) >= 11 is 0. The van der Waals surface area contributed by atoms with E-state index in [1.807, 2.05) is 26.0 Å². The Hall–Kier alpha value is -1.42. The van der Waals surface area contributed by atoms with Crippen molar-refractivity contribution in [1.29, 1.82) is 0 Å². The van der Waals surface area contributed by atoms with Crippen LogP contribution in [0.25, 0.3) is 0 Å². The lowest BCUT2D eigenvalue weighted by Gasteiger charge is -2.19. The Labute approximate surface area is 95.7 Å². The van der Waals surface area contributed by atoms with Gasteiger partial charge in [-0.15, -0.1) is 0 Å². The zero-order chi connectivity index (χ0) is 12.0. The third-order valence-electron chi connectivity index (χ3n) is 2.51. The minimum absolute atomic E-state index is 0.00125. The van der Waals surface area contributed by atoms with Gasteiger partial charge >= 0.3 is 5.97 Å². The number of hydrogen-bond acceptors (Lipinski definition) is 3. The molecule has 0 saturated carbocycles. The highest BCUT2D eigenvalue weighted by Crippen LogP contribution is 2.12. The van der Waals surface area contributed by atoms with Crippen LogP contribution in [0.1, 0.15) is 38.3 Å². The first-order valence-corrected chi connectivity index (χ1v) is 5.54. The molecule has 0 fully saturated rings. The summed E-state index contributed by atoms with van der Waals surface area (Å²) in [5.41, 5.74) is 1.00. The standard InChI is InChI=1S/C12H18N2O2/c1-3-5-11(12(15)16)14-9(2)10-6-4-7-13-8-10/h4,6-9,11,14H,3,5H2,1-2H3,(H,15,16). The van der Waals surface area contributed by atoms with Gasteiger partial charge in [0.05, 0.1) is 0 Å². The van der Waals surface area contributed by atoms with Gasteiger partial charge in [0.25, 0.3) is 0 Å². The molecular weight excluding hydrogens is 204 g/mol. The third kappa shape index (κ3) is 3.62. The number of nitrogens with zero attached hydrogens (tertiary/aromatic N) is 1. The average Bonchev–Trinajstić information content (AvgIpc) is 2.29. The summed E-state index contributed by atoms with van der Waals surface area (Å²) in [6.45, 7) is 3.93. The van der Waals surface area contributed by atoms with E-state index < -0.39 is 12.0 Å². The molecule has 2 atom stereocenters. The molecular formula is C12H18N2O2. The minimum Gasteiger partial charge on any atom is -0.480 e. The van der Waals surface area contributed by atoms with Gasteiger partial charge in [0.15, 0.2) is 0 Å². The molecule has 1 aromatic rings. The first-order valence-electron chi connectivity index (χ1n) is 5.54. The Kier molecular flexibility index (Phi) is 4.92. The van der Waals surface area contributed by atoms with Crippen molar-refractivity contribution in [3.63, 3.8) is 0 Å². The fourth-order valence-corrected chi connectivity index (χ4v) is 1.60. The van der Waals surface area contributed by atoms with Gasteiger partial charge in [0, 0.05) is 18.4 Å². The fourth-order valence-electron chi connectivity index (χ4n) is 1.60. The smallest absolute Gasteiger partial charge is 0.320 e. The van der Waals surface area contributed by atoms with Crippen LogP contribution >= 0.6 is 0 Å². The fraction of sp³-hybridized carbons (Fsp3) is 0.500. The second-order valence-corrected chi connectivity index (χ2v) is 3.85. The summed E-state index contributed by atoms with van der Waals surface area (Å²) in [6.07, 6.45) is 4.95. The van der Waals surface area contributed by atoms with Gasteiger partial charge in [-0.2, -0.15) is 0 Å². The van der Waals surface area contributed by atoms with Crippen LogP contribution in [0, 0.1) is 0 Å². The van der Waals surface area contributed by atoms with Crippen LogP contribution in [0.15, 0.2) is 24.5 Å². The number of carbonyl (C=O) groups is 1. The van der Waals surface area contributed by atoms with E-state index in [1.54, 1.807) is 12.4 Å². The Bertz CT molecular complexity index is 327. The molecule has 0 aliphatic heterocycles. The number of carboxylic acid groups (broad SMARTS) is 1. The third-order valence-corrected chi connectivity index (χ3v) is 2.51. The van der Waals surface area contributed by atoms with Gasteiger partial charge in [-0.25, -0.2) is 0 Å². The van der Waals surface area contributed by atoms with Gasteiger partial charge in [0.1, 0.15) is 6.04 Å². The Morgan fingerprint density at radius 3 is 2.88 bits per heavy atom. The molecule has 0 aromatic carbocycles. The molecule has 1 aromatic heterocycles. The topological polar surface area (TPSA) is 62.2 Å². The molecule has 1 heterocycles. The molecule has 0 amide bonds. The van der Waals surface area contributed by atoms with Crippen LogP contribution < -0.4 is 5.32 Å². The molecule has 88 valence electrons. The summed E-state index contributed by atoms with van der Waals surface area (Å²) < 4.78 is 0. The van der Waals surface area contributed by atoms with Gasteiger partial charge in [-0.3, -0.25) is 15.1 Å². The van der Waals surface area contributed by atoms with Crippen molar-refractivity contribution in [1.82, 2.24) is 10.3 Å². The van der Waals surface area contributed by atoms with Gasteiger partial charge in [0.2, 0.25) is 0 Å². The predicted molar refractivity (Wildman–Crippen MR) is 62.1 cm³/mol. The van der Waals surface area contributed by atoms with Crippen molar-refractivity contribution in [2.45, 2.75) is 38.8 Å². The maximum Gasteiger partial charge on any atom is 0.320 e. The van der Waals surface area contributed by atoms with Crippen LogP contribution in [-0.4, -0.2) is 22.1 Å². The number of nitrogens with one attached hydrogen (secondary N) is 1. The summed E-state index contributed by atoms with van der Waals surface area (Å²) in [7, 11) is 0. The summed E-state index contributed by atoms with van der Waals surface area (Å²) in [6, 6.07) is 3.31. The first kappa shape index (κ1) is 12.6. The van der Waals surface area contributed by atoms with Crippen LogP contribution in [0.4, 0.5) is 0 Å². The molecule has 0 spiro atoms. The lowest BCUT2D eigenvalue weighted by Crippen LogP contribution is -2.38. The zero-order valence-electron chi connectivity index (χ0n) is 9.68. The van der Waals surface area contributed by atoms with Crippen molar-refractivity contribution in [2.75, 3.05) is 0 Å². The molecule has 0 saturated heterocycles. The minimum atomic E-state index is -0.794. The molecule has 4 heteroatoms. The normalized spacial score (nSPS) is 14.4. The molecule has 0 aliphatic carbocycles. The summed E-state index contributed by atoms with van der Waals surface area (Å²) in [5.74, 6) is -0.794. The van der Waals surface area contributed by atoms with Gasteiger partial charge < -0.3 is 5.11 Å². The monoisotopic (exact) mass is 222 g/mol. The largest absolute Gasteiger partial charge is 0.480 e. The number of aromatic nitrogens is 1. The predicted octanol–water partition coefficient (Wildman–Crippen LogP) is 1.99. The number of pyridine rings is 1. The molecule has 0 radical (unpaired) electrons. The van der Waals surface area contributed by atoms with E-state index in [1.165, 1.54) is 0 Å². The molecule has 2 N–H and O–H groups in total. The number of hydrogen-bond donors (Lipinski definition) is 2. The van der Waals surface area contributed by atoms with Crippen LogP contribution in [0.3, 0.4) is 0 Å². The van der Waals surface area contributed by atoms with Crippen molar-refractivity contribution >= 4 is 5.97 Å². The van der Waals surface area contributed by atoms with E-state index in [0.717, 1.165) is 12.0 Å². The quantitative estimate of drug-likeness (QED) is 0.772. The highest BCUT2D eigenvalue weighted by molar-refractivity contribution is 5.73. The van der Waals surface area contributed by atoms with Crippen LogP contribution in [-0.2, 0) is 4.79 Å². The lowest BCUT2D eigenvalue weighted by atomic mass is 10.1. The maximum absolute atomic E-state index is 11.0. The van der Waals surface area contributed by atoms with Crippen LogP contribution in [0.5, 0.6) is 0 Å². The molecule has 4 nitrogen and oxygen atoms in total. The summed E-state index contributed by atoms with van der Waals surface area (Å²) in [4.78, 5) is 15.0. The molecule has 0 aliphatic rings. The first-order chi connectivity index (χ1) is 7.65. The second kappa shape index (κ2) is 6.23. The van der Waals surface area contributed by atoms with E-state index in [9.17, 15) is 4.79 Å². The van der Waals surface area contributed by atoms with Crippen molar-refractivity contribution in [2.24, 2.45) is 0 Å². The van der Waals surface area contributed by atoms with E-state index in [2.05, 4.69) is 10.3 Å². The molecule has 0 bridgehead atoms. The summed E-state index contributed by atoms with van der Waals surface area (Å²) in [5, 5.41) is 12.1. The molecule has 1 rings (SSSR count). The number of rotatable bonds is 6. The van der Waals surface area contributed by atoms with Crippen molar-refractivity contribution < 1.29 is 9.90 Å². The molecule has 2 unspecified atom stereocenters. The number of carboxylic acids is 1. The van der Waals surface area contributed by atoms with E-state index in [-0.39, 0.29) is 6.04 Å². The van der Waals surface area contributed by atoms with Crippen molar-refractivity contribution in [3.8, 4) is 0 Å². The van der Waals surface area contributed by atoms with Gasteiger partial charge in [-0.1, -0.05) is 19.4 Å². The van der Waals surface area contributed by atoms with Crippen LogP contribution in [0.2, 0.25) is 0 Å². The Balaban J connectivity index is 2.61. The van der Waals surface area contributed by atoms with Gasteiger partial charge in [-0.05, 0) is 25.0 Å². The Morgan fingerprint density at radius 1 is 1.62 bits per heavy atom.